The topological polar surface area (TPSA) is 59.0 Å². The van der Waals surface area contributed by atoms with Gasteiger partial charge in [0.25, 0.3) is 5.91 Å². The highest BCUT2D eigenvalue weighted by molar-refractivity contribution is 5.99. The van der Waals surface area contributed by atoms with Gasteiger partial charge in [-0.15, -0.1) is 0 Å². The number of hydrogen-bond acceptors (Lipinski definition) is 4. The number of carbonyl (C=O) groups excluding carboxylic acids is 1. The van der Waals surface area contributed by atoms with E-state index in [0.29, 0.717) is 16.8 Å². The molecule has 32 heavy (non-hydrogen) atoms. The first-order chi connectivity index (χ1) is 15.3. The first kappa shape index (κ1) is 21.9. The molecule has 0 atom stereocenters. The van der Waals surface area contributed by atoms with Crippen LogP contribution < -0.4 is 0 Å². The van der Waals surface area contributed by atoms with Crippen LogP contribution >= 0.6 is 0 Å². The molecule has 3 aromatic heterocycles. The zero-order valence-electron chi connectivity index (χ0n) is 17.0. The van der Waals surface area contributed by atoms with Crippen molar-refractivity contribution in [1.82, 2.24) is 19.9 Å². The number of amides is 1. The summed E-state index contributed by atoms with van der Waals surface area (Å²) in [5, 5.41) is 0. The summed E-state index contributed by atoms with van der Waals surface area (Å²) in [6.07, 6.45) is 1.51. The Morgan fingerprint density at radius 1 is 1.00 bits per heavy atom. The third kappa shape index (κ3) is 4.76. The maximum absolute atomic E-state index is 15.4. The van der Waals surface area contributed by atoms with E-state index in [2.05, 4.69) is 15.0 Å². The van der Waals surface area contributed by atoms with Crippen LogP contribution in [0.25, 0.3) is 11.3 Å². The van der Waals surface area contributed by atoms with Crippen LogP contribution in [0.3, 0.4) is 0 Å². The molecular formula is C23H20F4N4O. The second kappa shape index (κ2) is 8.64. The molecule has 1 amide bonds. The van der Waals surface area contributed by atoms with Gasteiger partial charge in [-0.2, -0.15) is 13.2 Å². The van der Waals surface area contributed by atoms with Gasteiger partial charge in [0, 0.05) is 49.9 Å². The van der Waals surface area contributed by atoms with Gasteiger partial charge in [0.05, 0.1) is 11.3 Å². The third-order valence-electron chi connectivity index (χ3n) is 5.57. The van der Waals surface area contributed by atoms with Crippen LogP contribution in [-0.4, -0.2) is 44.5 Å². The Kier molecular flexibility index (Phi) is 5.90. The second-order valence-electron chi connectivity index (χ2n) is 7.80. The molecule has 0 spiro atoms. The van der Waals surface area contributed by atoms with E-state index in [0.717, 1.165) is 17.8 Å². The zero-order valence-corrected chi connectivity index (χ0v) is 17.0. The van der Waals surface area contributed by atoms with Gasteiger partial charge < -0.3 is 4.90 Å². The standard InChI is InChI=1S/C23H20F4N4O/c24-22(14-16-3-4-19(30-15-16)23(25,26)27)7-12-31(13-8-22)21(32)18-2-1-9-29-20(18)17-5-10-28-11-6-17/h1-6,9-11,15H,7-8,12-14H2. The van der Waals surface area contributed by atoms with Crippen molar-refractivity contribution in [3.63, 3.8) is 0 Å². The van der Waals surface area contributed by atoms with Crippen LogP contribution in [0.1, 0.15) is 34.5 Å². The largest absolute Gasteiger partial charge is 0.433 e. The van der Waals surface area contributed by atoms with Crippen molar-refractivity contribution < 1.29 is 22.4 Å². The van der Waals surface area contributed by atoms with Crippen LogP contribution in [-0.2, 0) is 12.6 Å². The number of piperidine rings is 1. The Morgan fingerprint density at radius 3 is 2.34 bits per heavy atom. The average molecular weight is 444 g/mol. The second-order valence-corrected chi connectivity index (χ2v) is 7.80. The van der Waals surface area contributed by atoms with E-state index < -0.39 is 17.5 Å². The molecule has 1 aliphatic heterocycles. The predicted octanol–water partition coefficient (Wildman–Crippen LogP) is 4.74. The lowest BCUT2D eigenvalue weighted by atomic mass is 9.87. The highest BCUT2D eigenvalue weighted by Gasteiger charge is 2.37. The van der Waals surface area contributed by atoms with Gasteiger partial charge in [-0.05, 0) is 48.7 Å². The lowest BCUT2D eigenvalue weighted by Crippen LogP contribution is -2.45. The van der Waals surface area contributed by atoms with E-state index in [4.69, 9.17) is 0 Å². The number of pyridine rings is 3. The van der Waals surface area contributed by atoms with E-state index >= 15 is 4.39 Å². The minimum atomic E-state index is -4.53. The molecule has 0 aromatic carbocycles. The molecule has 3 aromatic rings. The number of rotatable bonds is 4. The van der Waals surface area contributed by atoms with Crippen molar-refractivity contribution in [3.05, 3.63) is 78.0 Å². The molecule has 4 rings (SSSR count). The van der Waals surface area contributed by atoms with Crippen molar-refractivity contribution in [1.29, 1.82) is 0 Å². The van der Waals surface area contributed by atoms with Gasteiger partial charge in [0.15, 0.2) is 0 Å². The summed E-state index contributed by atoms with van der Waals surface area (Å²) in [5.41, 5.74) is -0.495. The van der Waals surface area contributed by atoms with Crippen LogP contribution in [0.2, 0.25) is 0 Å². The Labute approximate surface area is 182 Å². The normalized spacial score (nSPS) is 16.1. The number of nitrogens with zero attached hydrogens (tertiary/aromatic N) is 4. The molecule has 0 N–H and O–H groups in total. The molecule has 166 valence electrons. The molecule has 1 saturated heterocycles. The summed E-state index contributed by atoms with van der Waals surface area (Å²) < 4.78 is 53.4. The van der Waals surface area contributed by atoms with E-state index in [9.17, 15) is 18.0 Å². The van der Waals surface area contributed by atoms with Gasteiger partial charge in [0.2, 0.25) is 0 Å². The van der Waals surface area contributed by atoms with E-state index in [-0.39, 0.29) is 38.3 Å². The molecule has 0 saturated carbocycles. The summed E-state index contributed by atoms with van der Waals surface area (Å²) in [5.74, 6) is -0.233. The zero-order chi connectivity index (χ0) is 22.8. The van der Waals surface area contributed by atoms with E-state index in [1.807, 2.05) is 0 Å². The Bertz CT molecular complexity index is 1080. The van der Waals surface area contributed by atoms with E-state index in [1.165, 1.54) is 6.07 Å². The number of likely N-dealkylation sites (tertiary alicyclic amines) is 1. The Hall–Kier alpha value is -3.36. The van der Waals surface area contributed by atoms with Crippen molar-refractivity contribution in [3.8, 4) is 11.3 Å². The summed E-state index contributed by atoms with van der Waals surface area (Å²) >= 11 is 0. The fourth-order valence-electron chi connectivity index (χ4n) is 3.84. The highest BCUT2D eigenvalue weighted by Crippen LogP contribution is 2.33. The van der Waals surface area contributed by atoms with Crippen LogP contribution in [0, 0.1) is 0 Å². The third-order valence-corrected chi connectivity index (χ3v) is 5.57. The number of alkyl halides is 4. The first-order valence-corrected chi connectivity index (χ1v) is 10.1. The van der Waals surface area contributed by atoms with Gasteiger partial charge in [-0.1, -0.05) is 6.07 Å². The maximum Gasteiger partial charge on any atom is 0.433 e. The molecule has 0 radical (unpaired) electrons. The van der Waals surface area contributed by atoms with Crippen LogP contribution in [0.5, 0.6) is 0 Å². The molecule has 5 nitrogen and oxygen atoms in total. The van der Waals surface area contributed by atoms with Crippen molar-refractivity contribution in [2.45, 2.75) is 31.1 Å². The van der Waals surface area contributed by atoms with Crippen molar-refractivity contribution in [2.24, 2.45) is 0 Å². The van der Waals surface area contributed by atoms with Gasteiger partial charge in [-0.3, -0.25) is 19.7 Å². The number of carbonyl (C=O) groups is 1. The monoisotopic (exact) mass is 444 g/mol. The van der Waals surface area contributed by atoms with Crippen molar-refractivity contribution in [2.75, 3.05) is 13.1 Å². The smallest absolute Gasteiger partial charge is 0.338 e. The Balaban J connectivity index is 1.43. The molecular weight excluding hydrogens is 424 g/mol. The summed E-state index contributed by atoms with van der Waals surface area (Å²) in [7, 11) is 0. The average Bonchev–Trinajstić information content (AvgIpc) is 2.79. The van der Waals surface area contributed by atoms with Gasteiger partial charge in [0.1, 0.15) is 11.4 Å². The SMILES string of the molecule is O=C(c1cccnc1-c1ccncc1)N1CCC(F)(Cc2ccc(C(F)(F)F)nc2)CC1. The quantitative estimate of drug-likeness (QED) is 0.546. The number of halogens is 4. The fourth-order valence-corrected chi connectivity index (χ4v) is 3.84. The lowest BCUT2D eigenvalue weighted by Gasteiger charge is -2.36. The summed E-state index contributed by atoms with van der Waals surface area (Å²) in [6, 6.07) is 9.01. The molecule has 0 aliphatic carbocycles. The molecule has 9 heteroatoms. The van der Waals surface area contributed by atoms with E-state index in [1.54, 1.807) is 47.8 Å². The highest BCUT2D eigenvalue weighted by atomic mass is 19.4. The molecule has 1 aliphatic rings. The number of aromatic nitrogens is 3. The van der Waals surface area contributed by atoms with Crippen LogP contribution in [0.15, 0.2) is 61.2 Å². The molecule has 4 heterocycles. The fraction of sp³-hybridized carbons (Fsp3) is 0.304. The maximum atomic E-state index is 15.4. The van der Waals surface area contributed by atoms with Crippen LogP contribution in [0.4, 0.5) is 17.6 Å². The van der Waals surface area contributed by atoms with Crippen molar-refractivity contribution >= 4 is 5.91 Å². The summed E-state index contributed by atoms with van der Waals surface area (Å²) in [4.78, 5) is 26.4. The molecule has 0 bridgehead atoms. The number of hydrogen-bond donors (Lipinski definition) is 0. The first-order valence-electron chi connectivity index (χ1n) is 10.1. The molecule has 1 fully saturated rings. The van der Waals surface area contributed by atoms with Gasteiger partial charge >= 0.3 is 6.18 Å². The predicted molar refractivity (Wildman–Crippen MR) is 109 cm³/mol. The Morgan fingerprint density at radius 2 is 1.72 bits per heavy atom. The molecule has 0 unspecified atom stereocenters. The van der Waals surface area contributed by atoms with Gasteiger partial charge in [-0.25, -0.2) is 4.39 Å². The summed E-state index contributed by atoms with van der Waals surface area (Å²) in [6.45, 7) is 0.405. The minimum Gasteiger partial charge on any atom is -0.338 e. The lowest BCUT2D eigenvalue weighted by molar-refractivity contribution is -0.141. The minimum absolute atomic E-state index is 0.0463.